The van der Waals surface area contributed by atoms with Crippen LogP contribution in [0.1, 0.15) is 55.8 Å². The number of aryl methyl sites for hydroxylation is 2. The van der Waals surface area contributed by atoms with Gasteiger partial charge in [-0.3, -0.25) is 0 Å². The second-order valence-corrected chi connectivity index (χ2v) is 7.17. The fourth-order valence-electron chi connectivity index (χ4n) is 3.45. The van der Waals surface area contributed by atoms with Crippen LogP contribution in [0.3, 0.4) is 0 Å². The highest BCUT2D eigenvalue weighted by Crippen LogP contribution is 2.34. The minimum absolute atomic E-state index is 0.441. The highest BCUT2D eigenvalue weighted by molar-refractivity contribution is 5.33. The Morgan fingerprint density at radius 3 is 2.43 bits per heavy atom. The zero-order valence-electron chi connectivity index (χ0n) is 14.5. The summed E-state index contributed by atoms with van der Waals surface area (Å²) in [4.78, 5) is 2.64. The molecule has 1 atom stereocenters. The number of nitrogens with one attached hydrogen (secondary N) is 1. The van der Waals surface area contributed by atoms with Crippen LogP contribution in [-0.4, -0.2) is 31.6 Å². The van der Waals surface area contributed by atoms with Gasteiger partial charge in [-0.25, -0.2) is 0 Å². The predicted octanol–water partition coefficient (Wildman–Crippen LogP) is 4.08. The number of hydrogen-bond acceptors (Lipinski definition) is 2. The van der Waals surface area contributed by atoms with Crippen molar-refractivity contribution in [3.8, 4) is 0 Å². The van der Waals surface area contributed by atoms with Gasteiger partial charge in [0.2, 0.25) is 0 Å². The summed E-state index contributed by atoms with van der Waals surface area (Å²) in [5.41, 5.74) is 4.78. The van der Waals surface area contributed by atoms with Crippen molar-refractivity contribution in [2.75, 3.05) is 26.7 Å². The van der Waals surface area contributed by atoms with E-state index < -0.39 is 0 Å². The van der Waals surface area contributed by atoms with Crippen LogP contribution in [0.15, 0.2) is 18.2 Å². The fraction of sp³-hybridized carbons (Fsp3) is 0.684. The average molecular weight is 288 g/mol. The Hall–Kier alpha value is -0.860. The molecular formula is C19H32N2. The first kappa shape index (κ1) is 16.5. The average Bonchev–Trinajstić information content (AvgIpc) is 2.47. The summed E-state index contributed by atoms with van der Waals surface area (Å²) in [6, 6.07) is 7.27. The molecule has 2 rings (SSSR count). The molecule has 1 aromatic carbocycles. The molecule has 1 aromatic rings. The van der Waals surface area contributed by atoms with Crippen molar-refractivity contribution >= 4 is 0 Å². The normalized spacial score (nSPS) is 20.4. The smallest absolute Gasteiger partial charge is 0.0449 e. The van der Waals surface area contributed by atoms with Crippen LogP contribution in [-0.2, 0) is 0 Å². The summed E-state index contributed by atoms with van der Waals surface area (Å²) < 4.78 is 0. The van der Waals surface area contributed by atoms with Crippen molar-refractivity contribution in [3.05, 3.63) is 34.9 Å². The molecule has 0 radical (unpaired) electrons. The van der Waals surface area contributed by atoms with E-state index in [0.29, 0.717) is 11.5 Å². The van der Waals surface area contributed by atoms with Crippen LogP contribution in [0.5, 0.6) is 0 Å². The van der Waals surface area contributed by atoms with Gasteiger partial charge in [0.05, 0.1) is 0 Å². The lowest BCUT2D eigenvalue weighted by Crippen LogP contribution is -2.42. The molecule has 0 aliphatic carbocycles. The highest BCUT2D eigenvalue weighted by Gasteiger charge is 2.29. The Morgan fingerprint density at radius 1 is 1.24 bits per heavy atom. The van der Waals surface area contributed by atoms with Crippen molar-refractivity contribution in [1.82, 2.24) is 10.2 Å². The van der Waals surface area contributed by atoms with Gasteiger partial charge >= 0.3 is 0 Å². The van der Waals surface area contributed by atoms with E-state index in [1.54, 1.807) is 0 Å². The molecule has 1 N–H and O–H groups in total. The molecule has 0 spiro atoms. The molecule has 1 unspecified atom stereocenters. The zero-order chi connectivity index (χ0) is 15.5. The van der Waals surface area contributed by atoms with Gasteiger partial charge in [0.1, 0.15) is 0 Å². The molecule has 0 aromatic heterocycles. The number of likely N-dealkylation sites (tertiary alicyclic amines) is 1. The minimum Gasteiger partial charge on any atom is -0.312 e. The van der Waals surface area contributed by atoms with Crippen molar-refractivity contribution in [3.63, 3.8) is 0 Å². The van der Waals surface area contributed by atoms with Gasteiger partial charge in [0.25, 0.3) is 0 Å². The maximum atomic E-state index is 3.52. The van der Waals surface area contributed by atoms with Gasteiger partial charge < -0.3 is 10.2 Å². The summed E-state index contributed by atoms with van der Waals surface area (Å²) in [6.45, 7) is 12.8. The first-order chi connectivity index (χ1) is 9.97. The van der Waals surface area contributed by atoms with E-state index in [0.717, 1.165) is 6.54 Å². The number of likely N-dealkylation sites (N-methyl/N-ethyl adjacent to an activating group) is 1. The van der Waals surface area contributed by atoms with Crippen LogP contribution in [0.25, 0.3) is 0 Å². The van der Waals surface area contributed by atoms with Crippen LogP contribution in [0.4, 0.5) is 0 Å². The SMILES string of the molecule is CCC1(C)CCN(CC(NC)c2ccc(C)cc2C)CC1. The molecule has 2 nitrogen and oxygen atoms in total. The van der Waals surface area contributed by atoms with E-state index in [2.05, 4.69) is 63.2 Å². The minimum atomic E-state index is 0.441. The topological polar surface area (TPSA) is 15.3 Å². The number of nitrogens with zero attached hydrogens (tertiary/aromatic N) is 1. The third-order valence-electron chi connectivity index (χ3n) is 5.51. The van der Waals surface area contributed by atoms with E-state index in [-0.39, 0.29) is 0 Å². The third kappa shape index (κ3) is 4.08. The van der Waals surface area contributed by atoms with E-state index >= 15 is 0 Å². The van der Waals surface area contributed by atoms with E-state index in [9.17, 15) is 0 Å². The largest absolute Gasteiger partial charge is 0.312 e. The summed E-state index contributed by atoms with van der Waals surface area (Å²) in [7, 11) is 2.09. The summed E-state index contributed by atoms with van der Waals surface area (Å²) >= 11 is 0. The molecule has 1 aliphatic rings. The molecule has 0 bridgehead atoms. The molecule has 21 heavy (non-hydrogen) atoms. The van der Waals surface area contributed by atoms with Gasteiger partial charge in [-0.2, -0.15) is 0 Å². The maximum Gasteiger partial charge on any atom is 0.0449 e. The summed E-state index contributed by atoms with van der Waals surface area (Å²) in [5.74, 6) is 0. The Balaban J connectivity index is 2.00. The number of benzene rings is 1. The molecule has 118 valence electrons. The predicted molar refractivity (Wildman–Crippen MR) is 91.8 cm³/mol. The van der Waals surface area contributed by atoms with Crippen LogP contribution >= 0.6 is 0 Å². The standard InChI is InChI=1S/C19H32N2/c1-6-19(4)9-11-21(12-10-19)14-18(20-5)17-8-7-15(2)13-16(17)3/h7-8,13,18,20H,6,9-12,14H2,1-5H3. The first-order valence-electron chi connectivity index (χ1n) is 8.44. The molecule has 2 heteroatoms. The second kappa shape index (κ2) is 6.93. The zero-order valence-corrected chi connectivity index (χ0v) is 14.5. The van der Waals surface area contributed by atoms with E-state index in [4.69, 9.17) is 0 Å². The quantitative estimate of drug-likeness (QED) is 0.878. The number of rotatable bonds is 5. The Bertz CT molecular complexity index is 459. The maximum absolute atomic E-state index is 3.52. The van der Waals surface area contributed by atoms with Gasteiger partial charge in [0.15, 0.2) is 0 Å². The van der Waals surface area contributed by atoms with Gasteiger partial charge in [-0.15, -0.1) is 0 Å². The van der Waals surface area contributed by atoms with Crippen LogP contribution in [0, 0.1) is 19.3 Å². The Labute approximate surface area is 130 Å². The van der Waals surface area contributed by atoms with Gasteiger partial charge in [0, 0.05) is 12.6 Å². The van der Waals surface area contributed by atoms with Crippen molar-refractivity contribution in [1.29, 1.82) is 0 Å². The summed E-state index contributed by atoms with van der Waals surface area (Å²) in [6.07, 6.45) is 3.99. The lowest BCUT2D eigenvalue weighted by molar-refractivity contribution is 0.107. The lowest BCUT2D eigenvalue weighted by atomic mass is 9.78. The van der Waals surface area contributed by atoms with Gasteiger partial charge in [-0.1, -0.05) is 44.0 Å². The molecule has 1 heterocycles. The number of hydrogen-bond donors (Lipinski definition) is 1. The molecule has 1 saturated heterocycles. The fourth-order valence-corrected chi connectivity index (χ4v) is 3.45. The van der Waals surface area contributed by atoms with Crippen LogP contribution in [0.2, 0.25) is 0 Å². The summed E-state index contributed by atoms with van der Waals surface area (Å²) in [5, 5.41) is 3.52. The van der Waals surface area contributed by atoms with Crippen molar-refractivity contribution in [2.24, 2.45) is 5.41 Å². The molecule has 0 amide bonds. The van der Waals surface area contributed by atoms with E-state index in [1.807, 2.05) is 0 Å². The highest BCUT2D eigenvalue weighted by atomic mass is 15.2. The lowest BCUT2D eigenvalue weighted by Gasteiger charge is -2.40. The first-order valence-corrected chi connectivity index (χ1v) is 8.44. The molecule has 0 saturated carbocycles. The third-order valence-corrected chi connectivity index (χ3v) is 5.51. The Morgan fingerprint density at radius 2 is 1.90 bits per heavy atom. The van der Waals surface area contributed by atoms with Gasteiger partial charge in [-0.05, 0) is 63.4 Å². The molecular weight excluding hydrogens is 256 g/mol. The monoisotopic (exact) mass is 288 g/mol. The number of piperidine rings is 1. The van der Waals surface area contributed by atoms with Crippen LogP contribution < -0.4 is 5.32 Å². The molecule has 1 fully saturated rings. The Kier molecular flexibility index (Phi) is 5.45. The van der Waals surface area contributed by atoms with E-state index in [1.165, 1.54) is 49.0 Å². The van der Waals surface area contributed by atoms with Crippen molar-refractivity contribution < 1.29 is 0 Å². The molecule has 1 aliphatic heterocycles. The van der Waals surface area contributed by atoms with Crippen molar-refractivity contribution in [2.45, 2.75) is 53.0 Å². The second-order valence-electron chi connectivity index (χ2n) is 7.17.